The van der Waals surface area contributed by atoms with Crippen molar-refractivity contribution in [2.24, 2.45) is 0 Å². The largest absolute Gasteiger partial charge is 0.478 e. The number of carbonyl (C=O) groups excluding carboxylic acids is 1. The van der Waals surface area contributed by atoms with Crippen LogP contribution in [0.5, 0.6) is 5.88 Å². The molecule has 0 saturated carbocycles. The van der Waals surface area contributed by atoms with Crippen molar-refractivity contribution in [3.63, 3.8) is 0 Å². The second-order valence-corrected chi connectivity index (χ2v) is 4.38. The van der Waals surface area contributed by atoms with E-state index in [1.54, 1.807) is 11.0 Å². The van der Waals surface area contributed by atoms with Crippen LogP contribution in [0.15, 0.2) is 6.07 Å². The summed E-state index contributed by atoms with van der Waals surface area (Å²) in [4.78, 5) is 21.9. The van der Waals surface area contributed by atoms with Crippen LogP contribution < -0.4 is 9.64 Å². The van der Waals surface area contributed by atoms with E-state index in [1.165, 1.54) is 7.11 Å². The monoisotopic (exact) mass is 267 g/mol. The molecule has 1 rings (SSSR count). The van der Waals surface area contributed by atoms with Gasteiger partial charge >= 0.3 is 5.97 Å². The van der Waals surface area contributed by atoms with Gasteiger partial charge in [0.1, 0.15) is 6.54 Å². The first-order valence-electron chi connectivity index (χ1n) is 6.29. The van der Waals surface area contributed by atoms with Crippen molar-refractivity contribution in [3.8, 4) is 5.88 Å². The molecule has 0 aliphatic heterocycles. The number of esters is 1. The highest BCUT2D eigenvalue weighted by molar-refractivity contribution is 5.75. The Bertz CT molecular complexity index is 435. The fraction of sp³-hybridized carbons (Fsp3) is 0.615. The van der Waals surface area contributed by atoms with Crippen LogP contribution >= 0.6 is 0 Å². The van der Waals surface area contributed by atoms with Gasteiger partial charge in [-0.3, -0.25) is 4.79 Å². The molecule has 0 radical (unpaired) electrons. The molecule has 6 heteroatoms. The van der Waals surface area contributed by atoms with Crippen LogP contribution in [0, 0.1) is 6.92 Å². The molecule has 106 valence electrons. The second-order valence-electron chi connectivity index (χ2n) is 4.38. The molecule has 0 aliphatic carbocycles. The number of carbonyl (C=O) groups is 1. The van der Waals surface area contributed by atoms with E-state index in [9.17, 15) is 4.79 Å². The standard InChI is InChI=1S/C13H21N3O3/c1-6-19-11-7-10(4)14-13(15-11)16(9(2)3)8-12(17)18-5/h7,9H,6,8H2,1-5H3. The highest BCUT2D eigenvalue weighted by Crippen LogP contribution is 2.17. The summed E-state index contributed by atoms with van der Waals surface area (Å²) in [5, 5.41) is 0. The lowest BCUT2D eigenvalue weighted by atomic mass is 10.3. The summed E-state index contributed by atoms with van der Waals surface area (Å²) in [5.74, 6) is 0.668. The first-order valence-corrected chi connectivity index (χ1v) is 6.29. The van der Waals surface area contributed by atoms with E-state index >= 15 is 0 Å². The van der Waals surface area contributed by atoms with Gasteiger partial charge in [-0.15, -0.1) is 0 Å². The number of rotatable bonds is 6. The van der Waals surface area contributed by atoms with Crippen LogP contribution in [0.1, 0.15) is 26.5 Å². The molecule has 6 nitrogen and oxygen atoms in total. The summed E-state index contributed by atoms with van der Waals surface area (Å²) in [7, 11) is 1.36. The summed E-state index contributed by atoms with van der Waals surface area (Å²) in [6.45, 7) is 8.35. The first kappa shape index (κ1) is 15.2. The zero-order valence-corrected chi connectivity index (χ0v) is 12.1. The summed E-state index contributed by atoms with van der Waals surface area (Å²) in [5.41, 5.74) is 0.795. The summed E-state index contributed by atoms with van der Waals surface area (Å²) in [6.07, 6.45) is 0. The Hall–Kier alpha value is -1.85. The molecule has 0 N–H and O–H groups in total. The summed E-state index contributed by atoms with van der Waals surface area (Å²) < 4.78 is 10.1. The molecule has 19 heavy (non-hydrogen) atoms. The minimum Gasteiger partial charge on any atom is -0.478 e. The zero-order chi connectivity index (χ0) is 14.4. The third-order valence-electron chi connectivity index (χ3n) is 2.52. The Morgan fingerprint density at radius 1 is 1.42 bits per heavy atom. The lowest BCUT2D eigenvalue weighted by molar-refractivity contribution is -0.139. The van der Waals surface area contributed by atoms with Crippen molar-refractivity contribution in [1.82, 2.24) is 9.97 Å². The lowest BCUT2D eigenvalue weighted by Crippen LogP contribution is -2.37. The van der Waals surface area contributed by atoms with Gasteiger partial charge < -0.3 is 14.4 Å². The smallest absolute Gasteiger partial charge is 0.325 e. The van der Waals surface area contributed by atoms with Crippen LogP contribution in [0.25, 0.3) is 0 Å². The SMILES string of the molecule is CCOc1cc(C)nc(N(CC(=O)OC)C(C)C)n1. The molecule has 0 spiro atoms. The Kier molecular flexibility index (Phi) is 5.54. The van der Waals surface area contributed by atoms with Gasteiger partial charge in [0.25, 0.3) is 0 Å². The maximum absolute atomic E-state index is 11.4. The second kappa shape index (κ2) is 6.92. The van der Waals surface area contributed by atoms with Gasteiger partial charge in [0.05, 0.1) is 13.7 Å². The lowest BCUT2D eigenvalue weighted by Gasteiger charge is -2.25. The molecule has 0 bridgehead atoms. The number of ether oxygens (including phenoxy) is 2. The van der Waals surface area contributed by atoms with Crippen molar-refractivity contribution in [2.45, 2.75) is 33.7 Å². The molecule has 1 heterocycles. The Morgan fingerprint density at radius 3 is 2.63 bits per heavy atom. The normalized spacial score (nSPS) is 10.4. The predicted molar refractivity (Wildman–Crippen MR) is 72.4 cm³/mol. The van der Waals surface area contributed by atoms with E-state index in [4.69, 9.17) is 9.47 Å². The minimum atomic E-state index is -0.322. The molecule has 0 unspecified atom stereocenters. The van der Waals surface area contributed by atoms with Gasteiger partial charge in [0, 0.05) is 17.8 Å². The average molecular weight is 267 g/mol. The summed E-state index contributed by atoms with van der Waals surface area (Å²) >= 11 is 0. The Morgan fingerprint density at radius 2 is 2.11 bits per heavy atom. The van der Waals surface area contributed by atoms with Crippen LogP contribution in [0.2, 0.25) is 0 Å². The third kappa shape index (κ3) is 4.39. The van der Waals surface area contributed by atoms with Crippen molar-refractivity contribution in [2.75, 3.05) is 25.2 Å². The van der Waals surface area contributed by atoms with Gasteiger partial charge in [-0.05, 0) is 27.7 Å². The molecule has 0 atom stereocenters. The quantitative estimate of drug-likeness (QED) is 0.729. The van der Waals surface area contributed by atoms with E-state index in [-0.39, 0.29) is 18.6 Å². The molecule has 1 aromatic rings. The number of hydrogen-bond donors (Lipinski definition) is 0. The van der Waals surface area contributed by atoms with Crippen LogP contribution in [0.3, 0.4) is 0 Å². The van der Waals surface area contributed by atoms with Gasteiger partial charge in [0.2, 0.25) is 11.8 Å². The highest BCUT2D eigenvalue weighted by atomic mass is 16.5. The maximum Gasteiger partial charge on any atom is 0.325 e. The number of aryl methyl sites for hydroxylation is 1. The van der Waals surface area contributed by atoms with E-state index in [0.717, 1.165) is 5.69 Å². The fourth-order valence-electron chi connectivity index (χ4n) is 1.56. The molecule has 0 amide bonds. The topological polar surface area (TPSA) is 64.5 Å². The average Bonchev–Trinajstić information content (AvgIpc) is 2.34. The van der Waals surface area contributed by atoms with Gasteiger partial charge in [-0.1, -0.05) is 0 Å². The van der Waals surface area contributed by atoms with Crippen LogP contribution in [-0.4, -0.2) is 42.2 Å². The molecule has 0 fully saturated rings. The molecule has 0 saturated heterocycles. The summed E-state index contributed by atoms with van der Waals surface area (Å²) in [6, 6.07) is 1.85. The highest BCUT2D eigenvalue weighted by Gasteiger charge is 2.19. The fourth-order valence-corrected chi connectivity index (χ4v) is 1.56. The van der Waals surface area contributed by atoms with Crippen LogP contribution in [0.4, 0.5) is 5.95 Å². The van der Waals surface area contributed by atoms with Gasteiger partial charge in [0.15, 0.2) is 0 Å². The molecule has 0 aliphatic rings. The predicted octanol–water partition coefficient (Wildman–Crippen LogP) is 1.57. The van der Waals surface area contributed by atoms with Crippen molar-refractivity contribution >= 4 is 11.9 Å². The van der Waals surface area contributed by atoms with Crippen molar-refractivity contribution in [3.05, 3.63) is 11.8 Å². The first-order chi connectivity index (χ1) is 8.97. The Balaban J connectivity index is 3.04. The van der Waals surface area contributed by atoms with E-state index in [0.29, 0.717) is 18.4 Å². The van der Waals surface area contributed by atoms with Gasteiger partial charge in [-0.2, -0.15) is 4.98 Å². The van der Waals surface area contributed by atoms with E-state index in [1.807, 2.05) is 27.7 Å². The number of nitrogens with zero attached hydrogens (tertiary/aromatic N) is 3. The Labute approximate surface area is 113 Å². The van der Waals surface area contributed by atoms with E-state index < -0.39 is 0 Å². The molecular formula is C13H21N3O3. The van der Waals surface area contributed by atoms with Crippen LogP contribution in [-0.2, 0) is 9.53 Å². The zero-order valence-electron chi connectivity index (χ0n) is 12.1. The number of hydrogen-bond acceptors (Lipinski definition) is 6. The number of anilines is 1. The van der Waals surface area contributed by atoms with Gasteiger partial charge in [-0.25, -0.2) is 4.98 Å². The van der Waals surface area contributed by atoms with Crippen molar-refractivity contribution in [1.29, 1.82) is 0 Å². The minimum absolute atomic E-state index is 0.0791. The molecular weight excluding hydrogens is 246 g/mol. The number of aromatic nitrogens is 2. The number of methoxy groups -OCH3 is 1. The molecule has 0 aromatic carbocycles. The third-order valence-corrected chi connectivity index (χ3v) is 2.52. The maximum atomic E-state index is 11.4. The van der Waals surface area contributed by atoms with E-state index in [2.05, 4.69) is 9.97 Å². The van der Waals surface area contributed by atoms with Crippen molar-refractivity contribution < 1.29 is 14.3 Å². The molecule has 1 aromatic heterocycles.